The summed E-state index contributed by atoms with van der Waals surface area (Å²) in [7, 11) is 0. The van der Waals surface area contributed by atoms with E-state index in [1.54, 1.807) is 0 Å². The molecular formula is C16H17BrN2O. The van der Waals surface area contributed by atoms with Crippen molar-refractivity contribution in [2.45, 2.75) is 19.9 Å². The minimum atomic E-state index is -0.186. The quantitative estimate of drug-likeness (QED) is 0.859. The van der Waals surface area contributed by atoms with Crippen LogP contribution in [0.5, 0.6) is 0 Å². The topological polar surface area (TPSA) is 41.1 Å². The highest BCUT2D eigenvalue weighted by Gasteiger charge is 2.04. The van der Waals surface area contributed by atoms with Gasteiger partial charge in [0.15, 0.2) is 0 Å². The molecule has 0 aliphatic heterocycles. The van der Waals surface area contributed by atoms with Gasteiger partial charge >= 0.3 is 6.03 Å². The number of nitrogens with one attached hydrogen (secondary N) is 2. The van der Waals surface area contributed by atoms with E-state index in [2.05, 4.69) is 33.5 Å². The van der Waals surface area contributed by atoms with Crippen LogP contribution in [-0.4, -0.2) is 6.03 Å². The van der Waals surface area contributed by atoms with Crippen molar-refractivity contribution in [3.8, 4) is 0 Å². The standard InChI is InChI=1S/C16H17BrN2O/c1-2-13-5-3-4-6-15(13)19-16(20)18-11-12-7-9-14(17)10-8-12/h3-10H,2,11H2,1H3,(H2,18,19,20). The first-order valence-corrected chi connectivity index (χ1v) is 7.35. The predicted octanol–water partition coefficient (Wildman–Crippen LogP) is 4.33. The minimum absolute atomic E-state index is 0.186. The molecule has 20 heavy (non-hydrogen) atoms. The van der Waals surface area contributed by atoms with Crippen molar-refractivity contribution in [2.24, 2.45) is 0 Å². The van der Waals surface area contributed by atoms with Crippen LogP contribution in [0.15, 0.2) is 53.0 Å². The van der Waals surface area contributed by atoms with Crippen molar-refractivity contribution in [1.29, 1.82) is 0 Å². The summed E-state index contributed by atoms with van der Waals surface area (Å²) >= 11 is 3.39. The van der Waals surface area contributed by atoms with E-state index in [4.69, 9.17) is 0 Å². The summed E-state index contributed by atoms with van der Waals surface area (Å²) in [5, 5.41) is 5.74. The van der Waals surface area contributed by atoms with Crippen LogP contribution in [0.3, 0.4) is 0 Å². The van der Waals surface area contributed by atoms with Crippen molar-refractivity contribution in [2.75, 3.05) is 5.32 Å². The van der Waals surface area contributed by atoms with Gasteiger partial charge in [-0.25, -0.2) is 4.79 Å². The zero-order valence-electron chi connectivity index (χ0n) is 11.3. The van der Waals surface area contributed by atoms with Crippen molar-refractivity contribution in [1.82, 2.24) is 5.32 Å². The summed E-state index contributed by atoms with van der Waals surface area (Å²) in [6.07, 6.45) is 0.892. The van der Waals surface area contributed by atoms with Crippen molar-refractivity contribution >= 4 is 27.6 Å². The second-order valence-corrected chi connectivity index (χ2v) is 5.36. The number of carbonyl (C=O) groups excluding carboxylic acids is 1. The number of benzene rings is 2. The summed E-state index contributed by atoms with van der Waals surface area (Å²) in [6, 6.07) is 15.5. The molecule has 0 bridgehead atoms. The van der Waals surface area contributed by atoms with Gasteiger partial charge in [0.1, 0.15) is 0 Å². The van der Waals surface area contributed by atoms with Crippen molar-refractivity contribution in [3.05, 3.63) is 64.1 Å². The molecule has 0 aromatic heterocycles. The number of carbonyl (C=O) groups is 1. The second kappa shape index (κ2) is 7.10. The number of anilines is 1. The first kappa shape index (κ1) is 14.6. The van der Waals surface area contributed by atoms with Gasteiger partial charge in [-0.05, 0) is 35.7 Å². The van der Waals surface area contributed by atoms with E-state index in [0.29, 0.717) is 6.54 Å². The third-order valence-electron chi connectivity index (χ3n) is 3.01. The highest BCUT2D eigenvalue weighted by molar-refractivity contribution is 9.10. The lowest BCUT2D eigenvalue weighted by molar-refractivity contribution is 0.251. The Morgan fingerprint density at radius 3 is 2.50 bits per heavy atom. The summed E-state index contributed by atoms with van der Waals surface area (Å²) < 4.78 is 1.03. The smallest absolute Gasteiger partial charge is 0.319 e. The summed E-state index contributed by atoms with van der Waals surface area (Å²) in [5.74, 6) is 0. The molecule has 2 amide bonds. The van der Waals surface area contributed by atoms with Gasteiger partial charge in [-0.15, -0.1) is 0 Å². The third kappa shape index (κ3) is 4.10. The van der Waals surface area contributed by atoms with Crippen molar-refractivity contribution in [3.63, 3.8) is 0 Å². The molecule has 0 radical (unpaired) electrons. The molecule has 0 aliphatic rings. The number of rotatable bonds is 4. The zero-order valence-corrected chi connectivity index (χ0v) is 12.9. The van der Waals surface area contributed by atoms with Crippen LogP contribution < -0.4 is 10.6 Å². The van der Waals surface area contributed by atoms with Gasteiger partial charge in [0.2, 0.25) is 0 Å². The van der Waals surface area contributed by atoms with Crippen LogP contribution in [0.2, 0.25) is 0 Å². The van der Waals surface area contributed by atoms with E-state index in [1.807, 2.05) is 48.5 Å². The first-order chi connectivity index (χ1) is 9.69. The molecule has 0 fully saturated rings. The second-order valence-electron chi connectivity index (χ2n) is 4.44. The molecule has 4 heteroatoms. The maximum Gasteiger partial charge on any atom is 0.319 e. The predicted molar refractivity (Wildman–Crippen MR) is 85.8 cm³/mol. The van der Waals surface area contributed by atoms with Gasteiger partial charge in [-0.1, -0.05) is 53.2 Å². The van der Waals surface area contributed by atoms with Gasteiger partial charge in [0, 0.05) is 16.7 Å². The van der Waals surface area contributed by atoms with Crippen LogP contribution in [-0.2, 0) is 13.0 Å². The normalized spacial score (nSPS) is 10.1. The maximum absolute atomic E-state index is 11.9. The fraction of sp³-hybridized carbons (Fsp3) is 0.188. The maximum atomic E-state index is 11.9. The SMILES string of the molecule is CCc1ccccc1NC(=O)NCc1ccc(Br)cc1. The van der Waals surface area contributed by atoms with Crippen LogP contribution in [0.1, 0.15) is 18.1 Å². The molecule has 2 aromatic carbocycles. The number of amides is 2. The molecule has 0 spiro atoms. The van der Waals surface area contributed by atoms with E-state index in [-0.39, 0.29) is 6.03 Å². The fourth-order valence-corrected chi connectivity index (χ4v) is 2.17. The Bertz CT molecular complexity index is 581. The molecule has 0 heterocycles. The summed E-state index contributed by atoms with van der Waals surface area (Å²) in [6.45, 7) is 2.58. The average Bonchev–Trinajstić information content (AvgIpc) is 2.47. The monoisotopic (exact) mass is 332 g/mol. The number of para-hydroxylation sites is 1. The Labute approximate surface area is 127 Å². The van der Waals surface area contributed by atoms with Gasteiger partial charge in [0.05, 0.1) is 0 Å². The third-order valence-corrected chi connectivity index (χ3v) is 3.54. The van der Waals surface area contributed by atoms with E-state index in [9.17, 15) is 4.79 Å². The van der Waals surface area contributed by atoms with E-state index in [0.717, 1.165) is 27.7 Å². The Balaban J connectivity index is 1.91. The molecule has 2 aromatic rings. The van der Waals surface area contributed by atoms with Crippen molar-refractivity contribution < 1.29 is 4.79 Å². The van der Waals surface area contributed by atoms with Crippen LogP contribution in [0, 0.1) is 0 Å². The number of urea groups is 1. The first-order valence-electron chi connectivity index (χ1n) is 6.56. The zero-order chi connectivity index (χ0) is 14.4. The fourth-order valence-electron chi connectivity index (χ4n) is 1.90. The summed E-state index contributed by atoms with van der Waals surface area (Å²) in [5.41, 5.74) is 3.06. The minimum Gasteiger partial charge on any atom is -0.334 e. The summed E-state index contributed by atoms with van der Waals surface area (Å²) in [4.78, 5) is 11.9. The molecule has 2 rings (SSSR count). The number of halogens is 1. The Kier molecular flexibility index (Phi) is 5.18. The Hall–Kier alpha value is -1.81. The molecule has 0 atom stereocenters. The number of aryl methyl sites for hydroxylation is 1. The average molecular weight is 333 g/mol. The van der Waals surface area contributed by atoms with Gasteiger partial charge in [-0.2, -0.15) is 0 Å². The van der Waals surface area contributed by atoms with E-state index < -0.39 is 0 Å². The molecule has 0 saturated heterocycles. The van der Waals surface area contributed by atoms with Crippen LogP contribution >= 0.6 is 15.9 Å². The lowest BCUT2D eigenvalue weighted by Crippen LogP contribution is -2.28. The Morgan fingerprint density at radius 2 is 1.80 bits per heavy atom. The molecular weight excluding hydrogens is 316 g/mol. The number of hydrogen-bond donors (Lipinski definition) is 2. The molecule has 0 aliphatic carbocycles. The Morgan fingerprint density at radius 1 is 1.10 bits per heavy atom. The molecule has 0 saturated carbocycles. The largest absolute Gasteiger partial charge is 0.334 e. The molecule has 2 N–H and O–H groups in total. The van der Waals surface area contributed by atoms with E-state index in [1.165, 1.54) is 0 Å². The van der Waals surface area contributed by atoms with Gasteiger partial charge < -0.3 is 10.6 Å². The molecule has 104 valence electrons. The highest BCUT2D eigenvalue weighted by atomic mass is 79.9. The highest BCUT2D eigenvalue weighted by Crippen LogP contribution is 2.15. The number of hydrogen-bond acceptors (Lipinski definition) is 1. The lowest BCUT2D eigenvalue weighted by atomic mass is 10.1. The molecule has 3 nitrogen and oxygen atoms in total. The van der Waals surface area contributed by atoms with Gasteiger partial charge in [-0.3, -0.25) is 0 Å². The molecule has 0 unspecified atom stereocenters. The van der Waals surface area contributed by atoms with E-state index >= 15 is 0 Å². The van der Waals surface area contributed by atoms with Gasteiger partial charge in [0.25, 0.3) is 0 Å². The lowest BCUT2D eigenvalue weighted by Gasteiger charge is -2.11. The van der Waals surface area contributed by atoms with Crippen LogP contribution in [0.25, 0.3) is 0 Å². The van der Waals surface area contributed by atoms with Crippen LogP contribution in [0.4, 0.5) is 10.5 Å².